The van der Waals surface area contributed by atoms with Crippen LogP contribution in [0.1, 0.15) is 40.1 Å². The minimum absolute atomic E-state index is 0.383. The average molecular weight is 321 g/mol. The summed E-state index contributed by atoms with van der Waals surface area (Å²) < 4.78 is 137. The SMILES string of the molecule is [2H]c1c([2H])c([2H])c(C(CCNC([2H])([2H])[2H])Oc2c([2H])c([2H])c(C(F)(F)F)c([2H])c2[2H])c([2H])c1[2H]. The lowest BCUT2D eigenvalue weighted by atomic mass is 10.1. The van der Waals surface area contributed by atoms with Gasteiger partial charge in [0.15, 0.2) is 0 Å². The van der Waals surface area contributed by atoms with Crippen molar-refractivity contribution in [3.05, 3.63) is 65.5 Å². The zero-order valence-corrected chi connectivity index (χ0v) is 11.0. The Hall–Kier alpha value is -2.01. The molecule has 0 radical (unpaired) electrons. The Labute approximate surface area is 144 Å². The summed E-state index contributed by atoms with van der Waals surface area (Å²) in [6.07, 6.45) is -7.24. The summed E-state index contributed by atoms with van der Waals surface area (Å²) in [5.74, 6) is -0.950. The van der Waals surface area contributed by atoms with Gasteiger partial charge in [-0.25, -0.2) is 0 Å². The van der Waals surface area contributed by atoms with E-state index in [0.29, 0.717) is 0 Å². The molecule has 0 spiro atoms. The van der Waals surface area contributed by atoms with Crippen molar-refractivity contribution in [1.82, 2.24) is 5.32 Å². The van der Waals surface area contributed by atoms with Gasteiger partial charge in [0.25, 0.3) is 0 Å². The number of rotatable bonds is 6. The van der Waals surface area contributed by atoms with Crippen molar-refractivity contribution in [3.8, 4) is 5.75 Å². The van der Waals surface area contributed by atoms with Crippen LogP contribution in [0, 0.1) is 0 Å². The Morgan fingerprint density at radius 2 is 1.82 bits per heavy atom. The van der Waals surface area contributed by atoms with Crippen molar-refractivity contribution in [2.45, 2.75) is 18.7 Å². The molecule has 1 N–H and O–H groups in total. The summed E-state index contributed by atoms with van der Waals surface area (Å²) in [6.45, 7) is -3.01. The standard InChI is InChI=1S/C17H18F3NO/c1-21-12-11-16(13-5-3-2-4-6-13)22-15-9-7-14(8-10-15)17(18,19)20/h2-10,16,21H,11-12H2,1H3/i1D3,2D,3D,4D,5D,6D,7D,8D,9D,10D. The van der Waals surface area contributed by atoms with Gasteiger partial charge in [-0.05, 0) is 43.3 Å². The first-order valence-electron chi connectivity index (χ1n) is 12.1. The molecular formula is C17H18F3NO. The lowest BCUT2D eigenvalue weighted by Gasteiger charge is -2.20. The molecule has 2 aromatic carbocycles. The molecule has 0 aliphatic heterocycles. The minimum Gasteiger partial charge on any atom is -0.486 e. The largest absolute Gasteiger partial charge is 0.486 e. The Morgan fingerprint density at radius 1 is 1.14 bits per heavy atom. The third-order valence-corrected chi connectivity index (χ3v) is 2.52. The van der Waals surface area contributed by atoms with Crippen molar-refractivity contribution in [1.29, 1.82) is 0 Å². The Morgan fingerprint density at radius 3 is 2.41 bits per heavy atom. The molecular weight excluding hydrogens is 291 g/mol. The summed E-state index contributed by atoms with van der Waals surface area (Å²) in [6, 6.07) is -9.03. The molecule has 0 aliphatic rings. The van der Waals surface area contributed by atoms with Gasteiger partial charge in [-0.15, -0.1) is 0 Å². The van der Waals surface area contributed by atoms with Crippen molar-refractivity contribution >= 4 is 0 Å². The van der Waals surface area contributed by atoms with Gasteiger partial charge in [-0.2, -0.15) is 13.2 Å². The van der Waals surface area contributed by atoms with E-state index in [1.165, 1.54) is 0 Å². The van der Waals surface area contributed by atoms with Gasteiger partial charge in [0.1, 0.15) is 11.9 Å². The molecule has 0 fully saturated rings. The van der Waals surface area contributed by atoms with Crippen LogP contribution in [-0.2, 0) is 6.18 Å². The lowest BCUT2D eigenvalue weighted by Crippen LogP contribution is -2.16. The number of nitrogens with one attached hydrogen (secondary N) is 1. The van der Waals surface area contributed by atoms with Gasteiger partial charge in [0.2, 0.25) is 0 Å². The van der Waals surface area contributed by atoms with Gasteiger partial charge < -0.3 is 10.1 Å². The predicted molar refractivity (Wildman–Crippen MR) is 79.8 cm³/mol. The molecule has 22 heavy (non-hydrogen) atoms. The van der Waals surface area contributed by atoms with Gasteiger partial charge in [-0.1, -0.05) is 30.2 Å². The van der Waals surface area contributed by atoms with E-state index in [0.717, 1.165) is 0 Å². The van der Waals surface area contributed by atoms with Gasteiger partial charge in [-0.3, -0.25) is 0 Å². The number of alkyl halides is 3. The zero-order valence-electron chi connectivity index (χ0n) is 23.0. The van der Waals surface area contributed by atoms with Crippen LogP contribution in [-0.4, -0.2) is 13.5 Å². The van der Waals surface area contributed by atoms with E-state index in [9.17, 15) is 13.2 Å². The Balaban J connectivity index is 2.69. The van der Waals surface area contributed by atoms with E-state index in [1.807, 2.05) is 0 Å². The molecule has 5 heteroatoms. The second kappa shape index (κ2) is 7.31. The second-order valence-electron chi connectivity index (χ2n) is 4.06. The molecule has 0 saturated heterocycles. The van der Waals surface area contributed by atoms with Crippen molar-refractivity contribution in [3.63, 3.8) is 0 Å². The number of halogens is 3. The van der Waals surface area contributed by atoms with Crippen molar-refractivity contribution in [2.24, 2.45) is 0 Å². The fourth-order valence-electron chi connectivity index (χ4n) is 1.53. The molecule has 0 amide bonds. The second-order valence-corrected chi connectivity index (χ2v) is 4.06. The van der Waals surface area contributed by atoms with Crippen LogP contribution in [0.25, 0.3) is 0 Å². The normalized spacial score (nSPS) is 21.2. The molecule has 0 saturated carbocycles. The highest BCUT2D eigenvalue weighted by Gasteiger charge is 2.30. The molecule has 118 valence electrons. The zero-order chi connectivity index (χ0) is 26.3. The van der Waals surface area contributed by atoms with Crippen LogP contribution in [0.5, 0.6) is 5.75 Å². The monoisotopic (exact) mass is 321 g/mol. The first-order chi connectivity index (χ1) is 15.4. The summed E-state index contributed by atoms with van der Waals surface area (Å²) in [5, 5.41) is 2.12. The third kappa shape index (κ3) is 4.49. The van der Waals surface area contributed by atoms with Gasteiger partial charge >= 0.3 is 6.18 Å². The van der Waals surface area contributed by atoms with Crippen molar-refractivity contribution < 1.29 is 34.4 Å². The molecule has 2 rings (SSSR count). The predicted octanol–water partition coefficient (Wildman–Crippen LogP) is 4.44. The summed E-state index contributed by atoms with van der Waals surface area (Å²) >= 11 is 0. The fourth-order valence-corrected chi connectivity index (χ4v) is 1.53. The van der Waals surface area contributed by atoms with E-state index in [4.69, 9.17) is 21.2 Å². The van der Waals surface area contributed by atoms with E-state index >= 15 is 0 Å². The molecule has 1 atom stereocenters. The summed E-state index contributed by atoms with van der Waals surface area (Å²) in [4.78, 5) is 0. The summed E-state index contributed by atoms with van der Waals surface area (Å²) in [5.41, 5.74) is -2.31. The summed E-state index contributed by atoms with van der Waals surface area (Å²) in [7, 11) is 0. The number of ether oxygens (including phenoxy) is 1. The topological polar surface area (TPSA) is 21.3 Å². The first-order valence-corrected chi connectivity index (χ1v) is 6.06. The molecule has 0 aliphatic carbocycles. The van der Waals surface area contributed by atoms with Gasteiger partial charge in [0.05, 0.1) is 17.9 Å². The number of hydrogen-bond donors (Lipinski definition) is 1. The molecule has 1 unspecified atom stereocenters. The average Bonchev–Trinajstić information content (AvgIpc) is 2.70. The van der Waals surface area contributed by atoms with Crippen LogP contribution in [0.3, 0.4) is 0 Å². The number of hydrogen-bond acceptors (Lipinski definition) is 2. The molecule has 0 heterocycles. The maximum absolute atomic E-state index is 13.2. The van der Waals surface area contributed by atoms with Crippen LogP contribution in [0.15, 0.2) is 54.4 Å². The molecule has 2 nitrogen and oxygen atoms in total. The maximum atomic E-state index is 13.2. The quantitative estimate of drug-likeness (QED) is 0.849. The third-order valence-electron chi connectivity index (χ3n) is 2.52. The van der Waals surface area contributed by atoms with Crippen LogP contribution < -0.4 is 10.1 Å². The highest BCUT2D eigenvalue weighted by Crippen LogP contribution is 2.31. The van der Waals surface area contributed by atoms with Gasteiger partial charge in [0, 0.05) is 10.5 Å². The van der Waals surface area contributed by atoms with E-state index < -0.39 is 96.9 Å². The van der Waals surface area contributed by atoms with E-state index in [1.54, 1.807) is 0 Å². The van der Waals surface area contributed by atoms with E-state index in [-0.39, 0.29) is 6.54 Å². The number of benzene rings is 2. The minimum atomic E-state index is -5.20. The lowest BCUT2D eigenvalue weighted by molar-refractivity contribution is -0.137. The fraction of sp³-hybridized carbons (Fsp3) is 0.294. The highest BCUT2D eigenvalue weighted by molar-refractivity contribution is 5.30. The van der Waals surface area contributed by atoms with Crippen LogP contribution in [0.2, 0.25) is 0 Å². The highest BCUT2D eigenvalue weighted by atomic mass is 19.4. The van der Waals surface area contributed by atoms with Crippen LogP contribution >= 0.6 is 0 Å². The maximum Gasteiger partial charge on any atom is 0.416 e. The molecule has 0 bridgehead atoms. The van der Waals surface area contributed by atoms with E-state index in [2.05, 4.69) is 5.32 Å². The first kappa shape index (κ1) is 6.62. The van der Waals surface area contributed by atoms with Crippen LogP contribution in [0.4, 0.5) is 13.2 Å². The smallest absolute Gasteiger partial charge is 0.416 e. The molecule has 2 aromatic rings. The molecule has 0 aromatic heterocycles. The Bertz CT molecular complexity index is 1050. The van der Waals surface area contributed by atoms with Crippen molar-refractivity contribution in [2.75, 3.05) is 13.5 Å². The Kier molecular flexibility index (Phi) is 2.20.